The summed E-state index contributed by atoms with van der Waals surface area (Å²) in [4.78, 5) is 26.5. The van der Waals surface area contributed by atoms with Crippen LogP contribution in [0.4, 0.5) is 4.39 Å². The van der Waals surface area contributed by atoms with Gasteiger partial charge in [0.1, 0.15) is 11.5 Å². The number of nitrogens with one attached hydrogen (secondary N) is 1. The summed E-state index contributed by atoms with van der Waals surface area (Å²) < 4.78 is 13.0. The second kappa shape index (κ2) is 5.62. The number of aliphatic hydroxyl groups is 1. The fraction of sp³-hybridized carbons (Fsp3) is 0.154. The topological polar surface area (TPSA) is 99.5 Å². The van der Waals surface area contributed by atoms with Gasteiger partial charge >= 0.3 is 5.97 Å². The van der Waals surface area contributed by atoms with E-state index in [0.29, 0.717) is 10.9 Å². The fourth-order valence-electron chi connectivity index (χ4n) is 1.64. The molecule has 0 aliphatic heterocycles. The SMILES string of the molecule is O=C(NC(CO)C(=O)O)c1ccc2cc(F)ccc2n1. The van der Waals surface area contributed by atoms with E-state index < -0.39 is 30.3 Å². The number of carboxylic acids is 1. The maximum atomic E-state index is 13.0. The van der Waals surface area contributed by atoms with E-state index in [1.807, 2.05) is 0 Å². The molecule has 1 unspecified atom stereocenters. The first-order chi connectivity index (χ1) is 9.51. The van der Waals surface area contributed by atoms with Gasteiger partial charge in [-0.05, 0) is 24.3 Å². The molecule has 0 fully saturated rings. The molecule has 2 aromatic rings. The number of rotatable bonds is 4. The van der Waals surface area contributed by atoms with Gasteiger partial charge in [-0.2, -0.15) is 0 Å². The molecular formula is C13H11FN2O4. The van der Waals surface area contributed by atoms with Gasteiger partial charge in [0.15, 0.2) is 6.04 Å². The summed E-state index contributed by atoms with van der Waals surface area (Å²) in [6.07, 6.45) is 0. The van der Waals surface area contributed by atoms with Crippen LogP contribution in [-0.2, 0) is 4.79 Å². The molecule has 0 radical (unpaired) electrons. The number of benzene rings is 1. The van der Waals surface area contributed by atoms with E-state index in [2.05, 4.69) is 10.3 Å². The van der Waals surface area contributed by atoms with Crippen LogP contribution in [0.5, 0.6) is 0 Å². The van der Waals surface area contributed by atoms with Crippen molar-refractivity contribution in [2.45, 2.75) is 6.04 Å². The fourth-order valence-corrected chi connectivity index (χ4v) is 1.64. The Balaban J connectivity index is 2.26. The largest absolute Gasteiger partial charge is 0.480 e. The van der Waals surface area contributed by atoms with Gasteiger partial charge in [-0.15, -0.1) is 0 Å². The minimum Gasteiger partial charge on any atom is -0.480 e. The monoisotopic (exact) mass is 278 g/mol. The summed E-state index contributed by atoms with van der Waals surface area (Å²) in [6, 6.07) is 5.38. The molecule has 2 rings (SSSR count). The molecular weight excluding hydrogens is 267 g/mol. The lowest BCUT2D eigenvalue weighted by atomic mass is 10.2. The number of carboxylic acid groups (broad SMARTS) is 1. The number of carbonyl (C=O) groups excluding carboxylic acids is 1. The molecule has 0 aliphatic rings. The third-order valence-electron chi connectivity index (χ3n) is 2.67. The number of hydrogen-bond donors (Lipinski definition) is 3. The highest BCUT2D eigenvalue weighted by Gasteiger charge is 2.20. The van der Waals surface area contributed by atoms with E-state index in [4.69, 9.17) is 10.2 Å². The van der Waals surface area contributed by atoms with Crippen LogP contribution in [0.3, 0.4) is 0 Å². The Morgan fingerprint density at radius 1 is 1.30 bits per heavy atom. The highest BCUT2D eigenvalue weighted by atomic mass is 19.1. The molecule has 20 heavy (non-hydrogen) atoms. The molecule has 104 valence electrons. The van der Waals surface area contributed by atoms with E-state index in [1.54, 1.807) is 0 Å². The number of pyridine rings is 1. The standard InChI is InChI=1S/C13H11FN2O4/c14-8-2-4-9-7(5-8)1-3-10(15-9)12(18)16-11(6-17)13(19)20/h1-5,11,17H,6H2,(H,16,18)(H,19,20). The Morgan fingerprint density at radius 2 is 2.05 bits per heavy atom. The summed E-state index contributed by atoms with van der Waals surface area (Å²) in [6.45, 7) is -0.722. The van der Waals surface area contributed by atoms with Crippen molar-refractivity contribution < 1.29 is 24.2 Å². The minimum absolute atomic E-state index is 0.0104. The van der Waals surface area contributed by atoms with Crippen LogP contribution in [0.25, 0.3) is 10.9 Å². The Hall–Kier alpha value is -2.54. The average molecular weight is 278 g/mol. The predicted molar refractivity (Wildman–Crippen MR) is 67.7 cm³/mol. The average Bonchev–Trinajstić information content (AvgIpc) is 2.43. The van der Waals surface area contributed by atoms with Crippen LogP contribution in [0.1, 0.15) is 10.5 Å². The summed E-state index contributed by atoms with van der Waals surface area (Å²) in [5.74, 6) is -2.48. The zero-order valence-corrected chi connectivity index (χ0v) is 10.2. The van der Waals surface area contributed by atoms with Gasteiger partial charge in [-0.3, -0.25) is 4.79 Å². The molecule has 1 atom stereocenters. The normalized spacial score (nSPS) is 12.1. The van der Waals surface area contributed by atoms with Crippen molar-refractivity contribution in [1.82, 2.24) is 10.3 Å². The maximum Gasteiger partial charge on any atom is 0.328 e. The van der Waals surface area contributed by atoms with E-state index in [9.17, 15) is 14.0 Å². The zero-order chi connectivity index (χ0) is 14.7. The van der Waals surface area contributed by atoms with Crippen LogP contribution in [0, 0.1) is 5.82 Å². The molecule has 7 heteroatoms. The summed E-state index contributed by atoms with van der Waals surface area (Å²) in [5.41, 5.74) is 0.402. The summed E-state index contributed by atoms with van der Waals surface area (Å²) >= 11 is 0. The van der Waals surface area contributed by atoms with Gasteiger partial charge in [-0.25, -0.2) is 14.2 Å². The van der Waals surface area contributed by atoms with Crippen molar-refractivity contribution in [3.05, 3.63) is 41.8 Å². The maximum absolute atomic E-state index is 13.0. The second-order valence-corrected chi connectivity index (χ2v) is 4.08. The van der Waals surface area contributed by atoms with Crippen molar-refractivity contribution in [3.63, 3.8) is 0 Å². The molecule has 6 nitrogen and oxygen atoms in total. The zero-order valence-electron chi connectivity index (χ0n) is 10.2. The molecule has 1 amide bonds. The summed E-state index contributed by atoms with van der Waals surface area (Å²) in [7, 11) is 0. The van der Waals surface area contributed by atoms with Crippen molar-refractivity contribution >= 4 is 22.8 Å². The predicted octanol–water partition coefficient (Wildman–Crippen LogP) is 0.549. The van der Waals surface area contributed by atoms with Crippen LogP contribution in [0.2, 0.25) is 0 Å². The molecule has 0 spiro atoms. The highest BCUT2D eigenvalue weighted by molar-refractivity contribution is 5.96. The number of aliphatic carboxylic acids is 1. The number of fused-ring (bicyclic) bond motifs is 1. The Bertz CT molecular complexity index is 674. The molecule has 0 aliphatic carbocycles. The molecule has 1 aromatic heterocycles. The van der Waals surface area contributed by atoms with E-state index in [0.717, 1.165) is 0 Å². The van der Waals surface area contributed by atoms with Gasteiger partial charge in [0.05, 0.1) is 12.1 Å². The molecule has 0 saturated heterocycles. The van der Waals surface area contributed by atoms with Crippen LogP contribution in [-0.4, -0.2) is 39.7 Å². The first-order valence-corrected chi connectivity index (χ1v) is 5.72. The molecule has 0 bridgehead atoms. The molecule has 0 saturated carbocycles. The van der Waals surface area contributed by atoms with E-state index in [-0.39, 0.29) is 5.69 Å². The van der Waals surface area contributed by atoms with Crippen LogP contribution in [0.15, 0.2) is 30.3 Å². The Kier molecular flexibility index (Phi) is 3.90. The Morgan fingerprint density at radius 3 is 2.70 bits per heavy atom. The van der Waals surface area contributed by atoms with E-state index >= 15 is 0 Å². The van der Waals surface area contributed by atoms with Gasteiger partial charge in [0.2, 0.25) is 0 Å². The van der Waals surface area contributed by atoms with Crippen LogP contribution >= 0.6 is 0 Å². The first-order valence-electron chi connectivity index (χ1n) is 5.72. The van der Waals surface area contributed by atoms with Crippen molar-refractivity contribution in [3.8, 4) is 0 Å². The third kappa shape index (κ3) is 2.89. The molecule has 3 N–H and O–H groups in total. The minimum atomic E-state index is -1.40. The molecule has 1 aromatic carbocycles. The first kappa shape index (κ1) is 13.9. The lowest BCUT2D eigenvalue weighted by Crippen LogP contribution is -2.43. The van der Waals surface area contributed by atoms with Gasteiger partial charge in [-0.1, -0.05) is 6.07 Å². The lowest BCUT2D eigenvalue weighted by molar-refractivity contribution is -0.140. The number of carbonyl (C=O) groups is 2. The quantitative estimate of drug-likeness (QED) is 0.758. The number of aliphatic hydroxyl groups excluding tert-OH is 1. The third-order valence-corrected chi connectivity index (χ3v) is 2.67. The number of halogens is 1. The van der Waals surface area contributed by atoms with Gasteiger partial charge in [0.25, 0.3) is 5.91 Å². The number of aromatic nitrogens is 1. The van der Waals surface area contributed by atoms with E-state index in [1.165, 1.54) is 30.3 Å². The summed E-state index contributed by atoms with van der Waals surface area (Å²) in [5, 5.41) is 20.2. The van der Waals surface area contributed by atoms with Crippen LogP contribution < -0.4 is 5.32 Å². The molecule has 1 heterocycles. The Labute approximate surface area is 112 Å². The van der Waals surface area contributed by atoms with Crippen molar-refractivity contribution in [2.24, 2.45) is 0 Å². The smallest absolute Gasteiger partial charge is 0.328 e. The number of hydrogen-bond acceptors (Lipinski definition) is 4. The second-order valence-electron chi connectivity index (χ2n) is 4.08. The van der Waals surface area contributed by atoms with Crippen molar-refractivity contribution in [1.29, 1.82) is 0 Å². The number of amides is 1. The number of nitrogens with zero attached hydrogens (tertiary/aromatic N) is 1. The highest BCUT2D eigenvalue weighted by Crippen LogP contribution is 2.14. The lowest BCUT2D eigenvalue weighted by Gasteiger charge is -2.11. The van der Waals surface area contributed by atoms with Crippen molar-refractivity contribution in [2.75, 3.05) is 6.61 Å². The van der Waals surface area contributed by atoms with Gasteiger partial charge < -0.3 is 15.5 Å². The van der Waals surface area contributed by atoms with Gasteiger partial charge in [0, 0.05) is 5.39 Å².